The molecule has 2 aliphatic heterocycles. The van der Waals surface area contributed by atoms with E-state index in [9.17, 15) is 5.11 Å². The molecule has 0 aromatic carbocycles. The molecule has 0 aliphatic carbocycles. The number of fused-ring (bicyclic) bond motifs is 2. The molecule has 72 valence electrons. The normalized spacial score (nSPS) is 48.6. The number of rotatable bonds is 1. The van der Waals surface area contributed by atoms with E-state index >= 15 is 0 Å². The monoisotopic (exact) mass is 185 g/mol. The van der Waals surface area contributed by atoms with Gasteiger partial charge in [-0.05, 0) is 5.53 Å². The molecule has 2 bridgehead atoms. The van der Waals surface area contributed by atoms with Crippen LogP contribution in [0.15, 0.2) is 5.11 Å². The third kappa shape index (κ3) is 1.28. The first-order valence-electron chi connectivity index (χ1n) is 4.23. The number of aliphatic hydroxyl groups excluding tert-OH is 1. The van der Waals surface area contributed by atoms with Gasteiger partial charge in [0, 0.05) is 10.8 Å². The van der Waals surface area contributed by atoms with Gasteiger partial charge in [0.05, 0.1) is 18.8 Å². The minimum absolute atomic E-state index is 0.0470. The summed E-state index contributed by atoms with van der Waals surface area (Å²) >= 11 is 0. The first-order valence-corrected chi connectivity index (χ1v) is 4.23. The molecule has 0 aromatic heterocycles. The Morgan fingerprint density at radius 2 is 2.38 bits per heavy atom. The fourth-order valence-electron chi connectivity index (χ4n) is 1.77. The van der Waals surface area contributed by atoms with Crippen molar-refractivity contribution in [3.63, 3.8) is 0 Å². The van der Waals surface area contributed by atoms with E-state index in [4.69, 9.17) is 15.0 Å². The average molecular weight is 185 g/mol. The third-order valence-electron chi connectivity index (χ3n) is 2.67. The Balaban J connectivity index is 2.21. The molecule has 0 radical (unpaired) electrons. The number of hydrogen-bond acceptors (Lipinski definition) is 4. The van der Waals surface area contributed by atoms with Gasteiger partial charge in [0.15, 0.2) is 6.29 Å². The van der Waals surface area contributed by atoms with E-state index in [2.05, 4.69) is 10.0 Å². The summed E-state index contributed by atoms with van der Waals surface area (Å²) < 4.78 is 10.6. The highest BCUT2D eigenvalue weighted by molar-refractivity contribution is 4.94. The first kappa shape index (κ1) is 8.77. The van der Waals surface area contributed by atoms with E-state index in [1.54, 1.807) is 0 Å². The van der Waals surface area contributed by atoms with Crippen molar-refractivity contribution in [1.82, 2.24) is 0 Å². The zero-order valence-electron chi connectivity index (χ0n) is 7.20. The van der Waals surface area contributed by atoms with Crippen LogP contribution in [0.5, 0.6) is 0 Å². The summed E-state index contributed by atoms with van der Waals surface area (Å²) in [5.74, 6) is -0.0470. The van der Waals surface area contributed by atoms with Crippen LogP contribution in [0.1, 0.15) is 6.92 Å². The standard InChI is InChI=1S/C7H11N3O3/c1-3-4-2-12-7(13-4)5(6(3)11)9-10-8/h3-7,11H,2H2,1H3/t3-,4?,5?,6+,7-/m0/s1. The number of azide groups is 1. The Bertz CT molecular complexity index is 253. The predicted octanol–water partition coefficient (Wildman–Crippen LogP) is 0.417. The largest absolute Gasteiger partial charge is 0.392 e. The van der Waals surface area contributed by atoms with Crippen molar-refractivity contribution in [2.45, 2.75) is 31.5 Å². The summed E-state index contributed by atoms with van der Waals surface area (Å²) in [5, 5.41) is 13.2. The van der Waals surface area contributed by atoms with Gasteiger partial charge in [0.2, 0.25) is 0 Å². The number of aliphatic hydroxyl groups is 1. The van der Waals surface area contributed by atoms with E-state index in [1.807, 2.05) is 6.92 Å². The van der Waals surface area contributed by atoms with Crippen molar-refractivity contribution >= 4 is 0 Å². The molecule has 2 saturated heterocycles. The summed E-state index contributed by atoms with van der Waals surface area (Å²) in [6, 6.07) is -0.612. The third-order valence-corrected chi connectivity index (χ3v) is 2.67. The Morgan fingerprint density at radius 3 is 3.08 bits per heavy atom. The molecule has 0 aromatic rings. The van der Waals surface area contributed by atoms with Crippen molar-refractivity contribution in [1.29, 1.82) is 0 Å². The van der Waals surface area contributed by atoms with Gasteiger partial charge in [-0.15, -0.1) is 0 Å². The molecule has 0 amide bonds. The van der Waals surface area contributed by atoms with Crippen molar-refractivity contribution in [2.24, 2.45) is 11.0 Å². The van der Waals surface area contributed by atoms with E-state index in [-0.39, 0.29) is 12.0 Å². The van der Waals surface area contributed by atoms with Crippen LogP contribution in [0.25, 0.3) is 10.4 Å². The minimum atomic E-state index is -0.665. The van der Waals surface area contributed by atoms with Gasteiger partial charge in [0.1, 0.15) is 6.04 Å². The minimum Gasteiger partial charge on any atom is -0.392 e. The molecule has 2 aliphatic rings. The second-order valence-corrected chi connectivity index (χ2v) is 3.42. The molecule has 0 spiro atoms. The van der Waals surface area contributed by atoms with Crippen molar-refractivity contribution in [2.75, 3.05) is 6.61 Å². The van der Waals surface area contributed by atoms with Crippen LogP contribution in [0.3, 0.4) is 0 Å². The van der Waals surface area contributed by atoms with Crippen LogP contribution in [0.2, 0.25) is 0 Å². The number of ether oxygens (including phenoxy) is 2. The fraction of sp³-hybridized carbons (Fsp3) is 1.00. The van der Waals surface area contributed by atoms with Gasteiger partial charge in [-0.3, -0.25) is 0 Å². The molecule has 2 heterocycles. The molecule has 6 heteroatoms. The van der Waals surface area contributed by atoms with Crippen LogP contribution >= 0.6 is 0 Å². The number of nitrogens with zero attached hydrogens (tertiary/aromatic N) is 3. The highest BCUT2D eigenvalue weighted by atomic mass is 16.7. The van der Waals surface area contributed by atoms with Crippen LogP contribution in [-0.2, 0) is 9.47 Å². The molecule has 1 N–H and O–H groups in total. The zero-order chi connectivity index (χ0) is 9.42. The molecular weight excluding hydrogens is 174 g/mol. The Labute approximate surface area is 75.1 Å². The van der Waals surface area contributed by atoms with Gasteiger partial charge in [-0.25, -0.2) is 0 Å². The summed E-state index contributed by atoms with van der Waals surface area (Å²) in [4.78, 5) is 2.67. The highest BCUT2D eigenvalue weighted by Gasteiger charge is 2.47. The van der Waals surface area contributed by atoms with Crippen LogP contribution in [0.4, 0.5) is 0 Å². The lowest BCUT2D eigenvalue weighted by molar-refractivity contribution is -0.151. The quantitative estimate of drug-likeness (QED) is 0.364. The van der Waals surface area contributed by atoms with Crippen LogP contribution < -0.4 is 0 Å². The molecule has 5 atom stereocenters. The van der Waals surface area contributed by atoms with Gasteiger partial charge < -0.3 is 14.6 Å². The topological polar surface area (TPSA) is 87.5 Å². The lowest BCUT2D eigenvalue weighted by Crippen LogP contribution is -2.48. The maximum atomic E-state index is 9.72. The summed E-state index contributed by atoms with van der Waals surface area (Å²) in [5.41, 5.74) is 8.29. The van der Waals surface area contributed by atoms with Crippen molar-refractivity contribution in [3.8, 4) is 0 Å². The molecule has 2 rings (SSSR count). The van der Waals surface area contributed by atoms with E-state index in [0.29, 0.717) is 6.61 Å². The fourth-order valence-corrected chi connectivity index (χ4v) is 1.77. The predicted molar refractivity (Wildman–Crippen MR) is 42.7 cm³/mol. The molecule has 2 fully saturated rings. The summed E-state index contributed by atoms with van der Waals surface area (Å²) in [6.45, 7) is 2.33. The molecule has 6 nitrogen and oxygen atoms in total. The number of hydrogen-bond donors (Lipinski definition) is 1. The van der Waals surface area contributed by atoms with Crippen molar-refractivity contribution in [3.05, 3.63) is 10.4 Å². The maximum absolute atomic E-state index is 9.72. The van der Waals surface area contributed by atoms with Crippen LogP contribution in [0, 0.1) is 5.92 Å². The molecule has 0 saturated carbocycles. The van der Waals surface area contributed by atoms with E-state index in [0.717, 1.165) is 0 Å². The average Bonchev–Trinajstić information content (AvgIpc) is 2.56. The van der Waals surface area contributed by atoms with Gasteiger partial charge in [-0.1, -0.05) is 12.0 Å². The maximum Gasteiger partial charge on any atom is 0.169 e. The molecule has 13 heavy (non-hydrogen) atoms. The van der Waals surface area contributed by atoms with Crippen molar-refractivity contribution < 1.29 is 14.6 Å². The molecular formula is C7H11N3O3. The second kappa shape index (κ2) is 3.16. The Hall–Kier alpha value is -0.810. The van der Waals surface area contributed by atoms with Gasteiger partial charge in [0.25, 0.3) is 0 Å². The van der Waals surface area contributed by atoms with Gasteiger partial charge in [-0.2, -0.15) is 0 Å². The molecule has 2 unspecified atom stereocenters. The lowest BCUT2D eigenvalue weighted by atomic mass is 9.91. The van der Waals surface area contributed by atoms with Gasteiger partial charge >= 0.3 is 0 Å². The highest BCUT2D eigenvalue weighted by Crippen LogP contribution is 2.33. The SMILES string of the molecule is C[C@H]1C2CO[C@@H](O2)C(N=[N+]=[N-])[C@@H]1O. The summed E-state index contributed by atoms with van der Waals surface area (Å²) in [7, 11) is 0. The van der Waals surface area contributed by atoms with E-state index in [1.165, 1.54) is 0 Å². The van der Waals surface area contributed by atoms with Crippen LogP contribution in [-0.4, -0.2) is 36.3 Å². The zero-order valence-corrected chi connectivity index (χ0v) is 7.20. The summed E-state index contributed by atoms with van der Waals surface area (Å²) in [6.07, 6.45) is -1.29. The lowest BCUT2D eigenvalue weighted by Gasteiger charge is -2.33. The Morgan fingerprint density at radius 1 is 1.62 bits per heavy atom. The smallest absolute Gasteiger partial charge is 0.169 e. The first-order chi connectivity index (χ1) is 6.24. The Kier molecular flexibility index (Phi) is 2.13. The van der Waals surface area contributed by atoms with E-state index < -0.39 is 18.4 Å². The second-order valence-electron chi connectivity index (χ2n) is 3.42.